The number of carbonyl (C=O) groups is 3. The van der Waals surface area contributed by atoms with Crippen molar-refractivity contribution in [2.24, 2.45) is 0 Å². The molecule has 0 amide bonds. The van der Waals surface area contributed by atoms with Gasteiger partial charge in [0.2, 0.25) is 0 Å². The monoisotopic (exact) mass is 324 g/mol. The maximum Gasteiger partial charge on any atom is 1.20 e. The predicted molar refractivity (Wildman–Crippen MR) is 82.3 cm³/mol. The number of allylic oxidation sites excluding steroid dienone is 6. The second-order valence-electron chi connectivity index (χ2n) is 4.74. The van der Waals surface area contributed by atoms with Gasteiger partial charge in [0, 0.05) is 18.2 Å². The van der Waals surface area contributed by atoms with Crippen molar-refractivity contribution >= 4 is 32.5 Å². The van der Waals surface area contributed by atoms with Crippen LogP contribution < -0.4 is 0 Å². The van der Waals surface area contributed by atoms with Crippen LogP contribution in [-0.2, 0) is 25.7 Å². The fourth-order valence-corrected chi connectivity index (χ4v) is 2.75. The fraction of sp³-hybridized carbons (Fsp3) is 0.400. The van der Waals surface area contributed by atoms with Crippen molar-refractivity contribution < 1.29 is 25.7 Å². The summed E-state index contributed by atoms with van der Waals surface area (Å²) >= 11 is -2.75. The number of carbonyl (C=O) groups excluding carboxylic acids is 3. The van der Waals surface area contributed by atoms with Crippen LogP contribution in [-0.4, -0.2) is 32.5 Å². The highest BCUT2D eigenvalue weighted by Gasteiger charge is 2.44. The zero-order valence-corrected chi connectivity index (χ0v) is 14.9. The topological polar surface area (TPSA) is 78.9 Å². The van der Waals surface area contributed by atoms with Crippen molar-refractivity contribution in [2.45, 2.75) is 41.5 Å². The lowest BCUT2D eigenvalue weighted by atomic mass is 10.4. The van der Waals surface area contributed by atoms with Gasteiger partial charge in [-0.05, 0) is 41.5 Å². The molecule has 0 unspecified atom stereocenters. The highest BCUT2D eigenvalue weighted by Crippen LogP contribution is 2.11. The molecular weight excluding hydrogens is 303 g/mol. The molecule has 0 heterocycles. The summed E-state index contributed by atoms with van der Waals surface area (Å²) in [5.74, 6) is 0.521. The van der Waals surface area contributed by atoms with Crippen LogP contribution in [0.4, 0.5) is 0 Å². The Balaban J connectivity index is 5.10. The lowest BCUT2D eigenvalue weighted by Crippen LogP contribution is -2.26. The number of hydrogen-bond acceptors (Lipinski definition) is 6. The average Bonchev–Trinajstić information content (AvgIpc) is 2.23. The van der Waals surface area contributed by atoms with E-state index in [9.17, 15) is 14.4 Å². The van der Waals surface area contributed by atoms with Crippen LogP contribution in [0.5, 0.6) is 0 Å². The van der Waals surface area contributed by atoms with Crippen molar-refractivity contribution in [3.05, 3.63) is 35.5 Å². The summed E-state index contributed by atoms with van der Waals surface area (Å²) < 4.78 is 16.5. The molecule has 0 atom stereocenters. The van der Waals surface area contributed by atoms with Gasteiger partial charge in [0.1, 0.15) is 0 Å². The Morgan fingerprint density at radius 1 is 0.591 bits per heavy atom. The molecule has 120 valence electrons. The first-order valence-corrected chi connectivity index (χ1v) is 8.08. The minimum absolute atomic E-state index is 0.169. The van der Waals surface area contributed by atoms with Gasteiger partial charge in [-0.1, -0.05) is 0 Å². The molecule has 0 bridgehead atoms. The molecule has 22 heavy (non-hydrogen) atoms. The Bertz CT molecular complexity index is 454. The highest BCUT2D eigenvalue weighted by molar-refractivity contribution is 6.37. The summed E-state index contributed by atoms with van der Waals surface area (Å²) in [6.07, 6.45) is 3.92. The summed E-state index contributed by atoms with van der Waals surface area (Å²) in [4.78, 5) is 33.1. The van der Waals surface area contributed by atoms with E-state index in [1.807, 2.05) is 0 Å². The normalized spacial score (nSPS) is 12.5. The quantitative estimate of drug-likeness (QED) is 0.368. The summed E-state index contributed by atoms with van der Waals surface area (Å²) in [7, 11) is 0. The van der Waals surface area contributed by atoms with Gasteiger partial charge in [-0.15, -0.1) is 0 Å². The van der Waals surface area contributed by atoms with E-state index in [1.165, 1.54) is 39.0 Å². The van der Waals surface area contributed by atoms with Gasteiger partial charge in [0.25, 0.3) is 0 Å². The predicted octanol–water partition coefficient (Wildman–Crippen LogP) is 2.50. The van der Waals surface area contributed by atoms with E-state index in [4.69, 9.17) is 11.4 Å². The lowest BCUT2D eigenvalue weighted by Gasteiger charge is -2.16. The molecule has 0 aromatic heterocycles. The SMILES string of the molecule is CC(=O)C=C(C)[O][Al]([O]C(C)=CC(C)=O)[O]C(C)=CC(C)=O. The summed E-state index contributed by atoms with van der Waals surface area (Å²) in [6.45, 7) is 8.99. The highest BCUT2D eigenvalue weighted by atomic mass is 27.3. The van der Waals surface area contributed by atoms with Gasteiger partial charge in [-0.2, -0.15) is 0 Å². The van der Waals surface area contributed by atoms with Crippen LogP contribution in [0.25, 0.3) is 0 Å². The number of hydrogen-bond donors (Lipinski definition) is 0. The van der Waals surface area contributed by atoms with Crippen molar-refractivity contribution in [3.8, 4) is 0 Å². The molecule has 0 N–H and O–H groups in total. The molecule has 0 radical (unpaired) electrons. The first-order valence-electron chi connectivity index (χ1n) is 6.66. The van der Waals surface area contributed by atoms with Crippen LogP contribution in [0.1, 0.15) is 41.5 Å². The Hall–Kier alpha value is -1.84. The first kappa shape index (κ1) is 20.2. The number of rotatable bonds is 9. The van der Waals surface area contributed by atoms with Crippen molar-refractivity contribution in [1.29, 1.82) is 0 Å². The van der Waals surface area contributed by atoms with Gasteiger partial charge in [-0.3, -0.25) is 14.4 Å². The second kappa shape index (κ2) is 9.98. The molecule has 0 saturated carbocycles. The van der Waals surface area contributed by atoms with Gasteiger partial charge in [0.15, 0.2) is 17.3 Å². The maximum atomic E-state index is 11.0. The molecular formula is C15H21AlO6. The Morgan fingerprint density at radius 2 is 0.818 bits per heavy atom. The summed E-state index contributed by atoms with van der Waals surface area (Å²) in [6, 6.07) is 0. The standard InChI is InChI=1S/3C5H8O2.Al/c3*1-4(6)3-5(2)7;/h3*3,6H,1-2H3;/q;;;+3/p-3. The Morgan fingerprint density at radius 3 is 1.00 bits per heavy atom. The third kappa shape index (κ3) is 10.9. The minimum atomic E-state index is -2.75. The molecule has 0 fully saturated rings. The molecule has 0 aromatic rings. The largest absolute Gasteiger partial charge is 1.20 e. The second-order valence-corrected chi connectivity index (χ2v) is 6.02. The molecule has 0 aliphatic rings. The van der Waals surface area contributed by atoms with E-state index in [0.29, 0.717) is 17.3 Å². The maximum absolute atomic E-state index is 11.0. The van der Waals surface area contributed by atoms with E-state index in [0.717, 1.165) is 0 Å². The van der Waals surface area contributed by atoms with Gasteiger partial charge >= 0.3 is 15.1 Å². The Labute approximate surface area is 135 Å². The van der Waals surface area contributed by atoms with E-state index in [-0.39, 0.29) is 17.3 Å². The van der Waals surface area contributed by atoms with Crippen molar-refractivity contribution in [1.82, 2.24) is 0 Å². The summed E-state index contributed by atoms with van der Waals surface area (Å²) in [5.41, 5.74) is 0. The molecule has 0 spiro atoms. The Kier molecular flexibility index (Phi) is 9.15. The van der Waals surface area contributed by atoms with Crippen LogP contribution in [0.15, 0.2) is 35.5 Å². The van der Waals surface area contributed by atoms with Crippen molar-refractivity contribution in [2.75, 3.05) is 0 Å². The zero-order chi connectivity index (χ0) is 17.3. The third-order valence-corrected chi connectivity index (χ3v) is 3.76. The smallest absolute Gasteiger partial charge is 0.580 e. The van der Waals surface area contributed by atoms with E-state index < -0.39 is 15.1 Å². The molecule has 0 aliphatic heterocycles. The molecule has 0 saturated heterocycles. The summed E-state index contributed by atoms with van der Waals surface area (Å²) in [5, 5.41) is 0. The molecule has 6 nitrogen and oxygen atoms in total. The van der Waals surface area contributed by atoms with Gasteiger partial charge in [0.05, 0.1) is 17.3 Å². The van der Waals surface area contributed by atoms with E-state index in [2.05, 4.69) is 0 Å². The van der Waals surface area contributed by atoms with Crippen molar-refractivity contribution in [3.63, 3.8) is 0 Å². The van der Waals surface area contributed by atoms with Crippen LogP contribution in [0, 0.1) is 0 Å². The van der Waals surface area contributed by atoms with E-state index >= 15 is 0 Å². The lowest BCUT2D eigenvalue weighted by molar-refractivity contribution is -0.113. The van der Waals surface area contributed by atoms with Gasteiger partial charge in [-0.25, -0.2) is 0 Å². The average molecular weight is 324 g/mol. The molecule has 7 heteroatoms. The number of ketones is 3. The minimum Gasteiger partial charge on any atom is -0.580 e. The zero-order valence-electron chi connectivity index (χ0n) is 13.8. The molecule has 0 aromatic carbocycles. The molecule has 0 aliphatic carbocycles. The first-order chi connectivity index (χ1) is 10.1. The third-order valence-electron chi connectivity index (χ3n) is 2.07. The molecule has 0 rings (SSSR count). The van der Waals surface area contributed by atoms with Crippen LogP contribution in [0.2, 0.25) is 0 Å². The van der Waals surface area contributed by atoms with Crippen LogP contribution >= 0.6 is 0 Å². The van der Waals surface area contributed by atoms with Gasteiger partial charge < -0.3 is 11.4 Å². The van der Waals surface area contributed by atoms with Crippen LogP contribution in [0.3, 0.4) is 0 Å². The van der Waals surface area contributed by atoms with E-state index in [1.54, 1.807) is 20.8 Å². The fourth-order valence-electron chi connectivity index (χ4n) is 1.49.